The van der Waals surface area contributed by atoms with E-state index in [2.05, 4.69) is 4.74 Å². The maximum atomic E-state index is 12.3. The zero-order valence-electron chi connectivity index (χ0n) is 6.58. The minimum absolute atomic E-state index is 0.0685. The molecule has 0 heterocycles. The lowest BCUT2D eigenvalue weighted by molar-refractivity contribution is -0.424. The van der Waals surface area contributed by atoms with Crippen LogP contribution in [0.2, 0.25) is 0 Å². The van der Waals surface area contributed by atoms with Crippen LogP contribution in [0.25, 0.3) is 0 Å². The first-order chi connectivity index (χ1) is 6.00. The molecule has 0 fully saturated rings. The summed E-state index contributed by atoms with van der Waals surface area (Å²) in [5, 5.41) is 8.20. The molecule has 0 aromatic carbocycles. The molecule has 0 aromatic rings. The molecular formula is C5H5F7O2. The van der Waals surface area contributed by atoms with Crippen molar-refractivity contribution in [3.05, 3.63) is 0 Å². The lowest BCUT2D eigenvalue weighted by Crippen LogP contribution is -2.64. The Kier molecular flexibility index (Phi) is 3.39. The Balaban J connectivity index is 5.33. The molecule has 0 radical (unpaired) electrons. The molecular weight excluding hydrogens is 225 g/mol. The lowest BCUT2D eigenvalue weighted by atomic mass is 10.0. The summed E-state index contributed by atoms with van der Waals surface area (Å²) in [7, 11) is 0.0685. The zero-order chi connectivity index (χ0) is 11.8. The number of hydrogen-bond acceptors (Lipinski definition) is 2. The molecule has 0 aromatic heterocycles. The number of rotatable bonds is 3. The van der Waals surface area contributed by atoms with Crippen LogP contribution >= 0.6 is 0 Å². The van der Waals surface area contributed by atoms with Gasteiger partial charge in [0.15, 0.2) is 0 Å². The van der Waals surface area contributed by atoms with Crippen molar-refractivity contribution in [2.75, 3.05) is 7.11 Å². The monoisotopic (exact) mass is 230 g/mol. The minimum atomic E-state index is -6.21. The molecule has 86 valence electrons. The molecule has 0 aliphatic heterocycles. The highest BCUT2D eigenvalue weighted by molar-refractivity contribution is 4.96. The van der Waals surface area contributed by atoms with Gasteiger partial charge < -0.3 is 9.84 Å². The number of aliphatic hydroxyl groups is 1. The van der Waals surface area contributed by atoms with Gasteiger partial charge in [-0.05, 0) is 0 Å². The maximum absolute atomic E-state index is 12.3. The van der Waals surface area contributed by atoms with Crippen molar-refractivity contribution < 1.29 is 40.6 Å². The number of halogens is 7. The molecule has 2 nitrogen and oxygen atoms in total. The van der Waals surface area contributed by atoms with E-state index in [1.165, 1.54) is 0 Å². The average Bonchev–Trinajstić information content (AvgIpc) is 2.00. The first-order valence-electron chi connectivity index (χ1n) is 3.01. The number of hydrogen-bond donors (Lipinski definition) is 1. The van der Waals surface area contributed by atoms with Gasteiger partial charge in [-0.3, -0.25) is 0 Å². The van der Waals surface area contributed by atoms with Gasteiger partial charge in [-0.1, -0.05) is 0 Å². The van der Waals surface area contributed by atoms with Crippen LogP contribution in [0.15, 0.2) is 0 Å². The van der Waals surface area contributed by atoms with Gasteiger partial charge in [-0.15, -0.1) is 0 Å². The predicted octanol–water partition coefficient (Wildman–Crippen LogP) is 1.78. The van der Waals surface area contributed by atoms with Gasteiger partial charge in [-0.25, -0.2) is 8.78 Å². The fraction of sp³-hybridized carbons (Fsp3) is 1.00. The van der Waals surface area contributed by atoms with Crippen LogP contribution < -0.4 is 0 Å². The van der Waals surface area contributed by atoms with E-state index < -0.39 is 24.3 Å². The van der Waals surface area contributed by atoms with Crippen LogP contribution in [0.5, 0.6) is 0 Å². The molecule has 1 unspecified atom stereocenters. The highest BCUT2D eigenvalue weighted by Gasteiger charge is 2.75. The Morgan fingerprint density at radius 3 is 1.50 bits per heavy atom. The highest BCUT2D eigenvalue weighted by atomic mass is 19.4. The Morgan fingerprint density at radius 1 is 1.07 bits per heavy atom. The maximum Gasteiger partial charge on any atom is 0.431 e. The summed E-state index contributed by atoms with van der Waals surface area (Å²) in [4.78, 5) is 0. The van der Waals surface area contributed by atoms with Crippen molar-refractivity contribution in [3.8, 4) is 0 Å². The summed E-state index contributed by atoms with van der Waals surface area (Å²) in [6.07, 6.45) is -16.3. The van der Waals surface area contributed by atoms with E-state index in [-0.39, 0.29) is 7.11 Å². The van der Waals surface area contributed by atoms with Gasteiger partial charge in [0.1, 0.15) is 0 Å². The fourth-order valence-electron chi connectivity index (χ4n) is 0.571. The Labute approximate surface area is 73.3 Å². The zero-order valence-corrected chi connectivity index (χ0v) is 6.58. The summed E-state index contributed by atoms with van der Waals surface area (Å²) < 4.78 is 86.2. The Hall–Kier alpha value is -0.570. The molecule has 0 saturated heterocycles. The van der Waals surface area contributed by atoms with Crippen LogP contribution in [0.4, 0.5) is 30.7 Å². The van der Waals surface area contributed by atoms with E-state index in [1.54, 1.807) is 0 Å². The quantitative estimate of drug-likeness (QED) is 0.749. The second kappa shape index (κ2) is 3.54. The van der Waals surface area contributed by atoms with Crippen LogP contribution in [-0.2, 0) is 4.74 Å². The van der Waals surface area contributed by atoms with Crippen molar-refractivity contribution in [1.29, 1.82) is 0 Å². The van der Waals surface area contributed by atoms with Crippen LogP contribution in [0, 0.1) is 0 Å². The second-order valence-corrected chi connectivity index (χ2v) is 2.29. The Bertz CT molecular complexity index is 201. The molecule has 0 aliphatic rings. The molecule has 0 rings (SSSR count). The van der Waals surface area contributed by atoms with E-state index >= 15 is 0 Å². The molecule has 9 heteroatoms. The van der Waals surface area contributed by atoms with Crippen molar-refractivity contribution in [2.45, 2.75) is 24.3 Å². The van der Waals surface area contributed by atoms with E-state index in [1.807, 2.05) is 0 Å². The van der Waals surface area contributed by atoms with Crippen molar-refractivity contribution in [2.24, 2.45) is 0 Å². The third-order valence-corrected chi connectivity index (χ3v) is 1.45. The largest absolute Gasteiger partial charge is 0.431 e. The van der Waals surface area contributed by atoms with Crippen molar-refractivity contribution >= 4 is 0 Å². The van der Waals surface area contributed by atoms with Gasteiger partial charge in [0.2, 0.25) is 0 Å². The van der Waals surface area contributed by atoms with Gasteiger partial charge in [0, 0.05) is 7.11 Å². The average molecular weight is 230 g/mol. The topological polar surface area (TPSA) is 29.5 Å². The highest BCUT2D eigenvalue weighted by Crippen LogP contribution is 2.46. The Morgan fingerprint density at radius 2 is 1.43 bits per heavy atom. The summed E-state index contributed by atoms with van der Waals surface area (Å²) >= 11 is 0. The molecule has 0 saturated carbocycles. The van der Waals surface area contributed by atoms with E-state index in [0.717, 1.165) is 0 Å². The molecule has 0 spiro atoms. The summed E-state index contributed by atoms with van der Waals surface area (Å²) in [6, 6.07) is 0. The molecule has 14 heavy (non-hydrogen) atoms. The van der Waals surface area contributed by atoms with Crippen molar-refractivity contribution in [3.63, 3.8) is 0 Å². The molecule has 0 amide bonds. The number of alkyl halides is 7. The SMILES string of the molecule is COC(F)(F)C(O)(C(F)F)C(F)(F)F. The van der Waals surface area contributed by atoms with Gasteiger partial charge in [-0.2, -0.15) is 22.0 Å². The van der Waals surface area contributed by atoms with E-state index in [9.17, 15) is 30.7 Å². The van der Waals surface area contributed by atoms with Crippen LogP contribution in [-0.4, -0.2) is 36.5 Å². The summed E-state index contributed by atoms with van der Waals surface area (Å²) in [6.45, 7) is 0. The lowest BCUT2D eigenvalue weighted by Gasteiger charge is -2.34. The smallest absolute Gasteiger partial charge is 0.370 e. The predicted molar refractivity (Wildman–Crippen MR) is 29.0 cm³/mol. The summed E-state index contributed by atoms with van der Waals surface area (Å²) in [5.41, 5.74) is -5.51. The minimum Gasteiger partial charge on any atom is -0.370 e. The first-order valence-corrected chi connectivity index (χ1v) is 3.01. The van der Waals surface area contributed by atoms with Crippen molar-refractivity contribution in [1.82, 2.24) is 0 Å². The fourth-order valence-corrected chi connectivity index (χ4v) is 0.571. The van der Waals surface area contributed by atoms with Gasteiger partial charge in [0.25, 0.3) is 6.43 Å². The third kappa shape index (κ3) is 1.78. The standard InChI is InChI=1S/C5H5F7O2/c1-14-5(11,12)3(13,2(6)7)4(8,9)10/h2,13H,1H3. The molecule has 0 aliphatic carbocycles. The van der Waals surface area contributed by atoms with Gasteiger partial charge in [0.05, 0.1) is 0 Å². The first kappa shape index (κ1) is 13.4. The number of methoxy groups -OCH3 is 1. The number of ether oxygens (including phenoxy) is 1. The molecule has 0 bridgehead atoms. The van der Waals surface area contributed by atoms with Crippen LogP contribution in [0.3, 0.4) is 0 Å². The second-order valence-electron chi connectivity index (χ2n) is 2.29. The van der Waals surface area contributed by atoms with Gasteiger partial charge >= 0.3 is 17.9 Å². The van der Waals surface area contributed by atoms with Crippen LogP contribution in [0.1, 0.15) is 0 Å². The third-order valence-electron chi connectivity index (χ3n) is 1.45. The van der Waals surface area contributed by atoms with E-state index in [4.69, 9.17) is 5.11 Å². The summed E-state index contributed by atoms with van der Waals surface area (Å²) in [5.74, 6) is 0. The molecule has 1 atom stereocenters. The normalized spacial score (nSPS) is 18.4. The molecule has 1 N–H and O–H groups in total. The van der Waals surface area contributed by atoms with E-state index in [0.29, 0.717) is 0 Å².